The maximum atomic E-state index is 13.2. The summed E-state index contributed by atoms with van der Waals surface area (Å²) in [5.41, 5.74) is 9.96. The minimum Gasteiger partial charge on any atom is -0.387 e. The molecule has 1 fully saturated rings. The van der Waals surface area contributed by atoms with Gasteiger partial charge >= 0.3 is 0 Å². The molecule has 2 aromatic carbocycles. The third kappa shape index (κ3) is 5.91. The fourth-order valence-electron chi connectivity index (χ4n) is 4.58. The van der Waals surface area contributed by atoms with Gasteiger partial charge in [-0.25, -0.2) is 4.99 Å². The van der Waals surface area contributed by atoms with E-state index in [-0.39, 0.29) is 11.8 Å². The van der Waals surface area contributed by atoms with Crippen LogP contribution in [0.25, 0.3) is 6.08 Å². The van der Waals surface area contributed by atoms with Crippen molar-refractivity contribution in [2.75, 3.05) is 38.0 Å². The van der Waals surface area contributed by atoms with Gasteiger partial charge < -0.3 is 20.9 Å². The lowest BCUT2D eigenvalue weighted by atomic mass is 9.97. The monoisotopic (exact) mass is 473 g/mol. The van der Waals surface area contributed by atoms with Crippen LogP contribution in [0.15, 0.2) is 59.1 Å². The topological polar surface area (TPSA) is 91.0 Å². The number of aliphatic imine (C=N–C) groups is 1. The normalized spacial score (nSPS) is 15.3. The van der Waals surface area contributed by atoms with Crippen molar-refractivity contribution in [2.24, 2.45) is 16.6 Å². The summed E-state index contributed by atoms with van der Waals surface area (Å²) in [5, 5.41) is 3.43. The number of likely N-dealkylation sites (tertiary alicyclic amines) is 1. The lowest BCUT2D eigenvalue weighted by molar-refractivity contribution is -0.127. The Morgan fingerprint density at radius 3 is 2.49 bits per heavy atom. The van der Waals surface area contributed by atoms with Crippen molar-refractivity contribution in [1.82, 2.24) is 9.80 Å². The van der Waals surface area contributed by atoms with E-state index in [1.807, 2.05) is 58.3 Å². The molecule has 4 rings (SSSR count). The number of para-hydroxylation sites is 1. The number of carbonyl (C=O) groups excluding carboxylic acids is 2. The molecule has 0 spiro atoms. The molecule has 0 unspecified atom stereocenters. The van der Waals surface area contributed by atoms with Crippen LogP contribution >= 0.6 is 0 Å². The van der Waals surface area contributed by atoms with Gasteiger partial charge in [0.05, 0.1) is 5.69 Å². The third-order valence-electron chi connectivity index (χ3n) is 6.40. The van der Waals surface area contributed by atoms with Gasteiger partial charge in [0.1, 0.15) is 5.84 Å². The van der Waals surface area contributed by atoms with Crippen LogP contribution in [-0.4, -0.2) is 60.2 Å². The third-order valence-corrected chi connectivity index (χ3v) is 6.40. The Morgan fingerprint density at radius 1 is 1.09 bits per heavy atom. The standard InChI is InChI=1S/C28H35N5O2/c1-3-12-32(13-4-2)28(35)23-14-21-10-11-22(15-25(21)31-26(29)16-23)27(34)33-18-20(19-33)17-30-24-8-6-5-7-9-24/h5-11,14-15,20,30H,3-4,12-13,16-19H2,1-2H3,(H2,29,31). The van der Waals surface area contributed by atoms with E-state index in [0.717, 1.165) is 56.8 Å². The molecule has 1 saturated heterocycles. The Bertz CT molecular complexity index is 1110. The van der Waals surface area contributed by atoms with Gasteiger partial charge in [-0.2, -0.15) is 0 Å². The summed E-state index contributed by atoms with van der Waals surface area (Å²) in [7, 11) is 0. The molecule has 0 radical (unpaired) electrons. The van der Waals surface area contributed by atoms with Crippen molar-refractivity contribution in [3.8, 4) is 0 Å². The molecule has 0 aliphatic carbocycles. The van der Waals surface area contributed by atoms with Crippen LogP contribution in [0.5, 0.6) is 0 Å². The molecule has 7 nitrogen and oxygen atoms in total. The average molecular weight is 474 g/mol. The lowest BCUT2D eigenvalue weighted by Crippen LogP contribution is -2.52. The predicted molar refractivity (Wildman–Crippen MR) is 142 cm³/mol. The Kier molecular flexibility index (Phi) is 7.85. The largest absolute Gasteiger partial charge is 0.387 e. The Balaban J connectivity index is 1.42. The van der Waals surface area contributed by atoms with E-state index in [2.05, 4.69) is 24.2 Å². The van der Waals surface area contributed by atoms with Gasteiger partial charge in [-0.3, -0.25) is 9.59 Å². The van der Waals surface area contributed by atoms with Gasteiger partial charge in [0.25, 0.3) is 5.91 Å². The molecule has 0 aromatic heterocycles. The van der Waals surface area contributed by atoms with Gasteiger partial charge in [0.15, 0.2) is 0 Å². The maximum Gasteiger partial charge on any atom is 0.253 e. The Hall–Kier alpha value is -3.61. The van der Waals surface area contributed by atoms with Crippen LogP contribution in [0.2, 0.25) is 0 Å². The van der Waals surface area contributed by atoms with E-state index >= 15 is 0 Å². The predicted octanol–water partition coefficient (Wildman–Crippen LogP) is 4.30. The zero-order valence-corrected chi connectivity index (χ0v) is 20.7. The Morgan fingerprint density at radius 2 is 1.80 bits per heavy atom. The van der Waals surface area contributed by atoms with Crippen molar-refractivity contribution in [1.29, 1.82) is 0 Å². The molecule has 0 saturated carbocycles. The zero-order valence-electron chi connectivity index (χ0n) is 20.7. The summed E-state index contributed by atoms with van der Waals surface area (Å²) in [5.74, 6) is 0.825. The lowest BCUT2D eigenvalue weighted by Gasteiger charge is -2.39. The number of hydrogen-bond acceptors (Lipinski definition) is 5. The van der Waals surface area contributed by atoms with E-state index in [9.17, 15) is 9.59 Å². The van der Waals surface area contributed by atoms with Gasteiger partial charge in [-0.05, 0) is 43.2 Å². The second kappa shape index (κ2) is 11.2. The van der Waals surface area contributed by atoms with Gasteiger partial charge in [0, 0.05) is 67.4 Å². The van der Waals surface area contributed by atoms with Crippen LogP contribution in [-0.2, 0) is 4.79 Å². The molecule has 2 aromatic rings. The fraction of sp³-hybridized carbons (Fsp3) is 0.393. The number of hydrogen-bond donors (Lipinski definition) is 2. The molecule has 184 valence electrons. The summed E-state index contributed by atoms with van der Waals surface area (Å²) in [6.45, 7) is 7.88. The highest BCUT2D eigenvalue weighted by Crippen LogP contribution is 2.30. The van der Waals surface area contributed by atoms with E-state index in [1.54, 1.807) is 6.07 Å². The molecule has 35 heavy (non-hydrogen) atoms. The first-order valence-electron chi connectivity index (χ1n) is 12.5. The number of carbonyl (C=O) groups is 2. The average Bonchev–Trinajstić information content (AvgIpc) is 3.00. The smallest absolute Gasteiger partial charge is 0.253 e. The molecular formula is C28H35N5O2. The molecule has 0 bridgehead atoms. The number of amidine groups is 1. The number of amides is 2. The first-order valence-corrected chi connectivity index (χ1v) is 12.5. The number of nitrogens with zero attached hydrogens (tertiary/aromatic N) is 3. The second-order valence-corrected chi connectivity index (χ2v) is 9.34. The van der Waals surface area contributed by atoms with Crippen LogP contribution in [0, 0.1) is 5.92 Å². The highest BCUT2D eigenvalue weighted by atomic mass is 16.2. The van der Waals surface area contributed by atoms with Crippen molar-refractivity contribution in [3.63, 3.8) is 0 Å². The van der Waals surface area contributed by atoms with Crippen molar-refractivity contribution in [3.05, 3.63) is 65.2 Å². The van der Waals surface area contributed by atoms with Crippen molar-refractivity contribution >= 4 is 35.1 Å². The summed E-state index contributed by atoms with van der Waals surface area (Å²) in [6, 6.07) is 15.6. The number of nitrogens with one attached hydrogen (secondary N) is 1. The van der Waals surface area contributed by atoms with Crippen LogP contribution in [0.1, 0.15) is 49.0 Å². The van der Waals surface area contributed by atoms with Gasteiger partial charge in [-0.15, -0.1) is 0 Å². The molecular weight excluding hydrogens is 438 g/mol. The number of benzene rings is 2. The van der Waals surface area contributed by atoms with E-state index in [0.29, 0.717) is 35.0 Å². The minimum atomic E-state index is -0.000810. The SMILES string of the molecule is CCCN(CCC)C(=O)C1=Cc2ccc(C(=O)N3CC(CNc4ccccc4)C3)cc2N=C(N)C1. The molecule has 2 amide bonds. The first kappa shape index (κ1) is 24.5. The van der Waals surface area contributed by atoms with Crippen LogP contribution in [0.3, 0.4) is 0 Å². The molecule has 0 atom stereocenters. The van der Waals surface area contributed by atoms with E-state index < -0.39 is 0 Å². The number of anilines is 1. The second-order valence-electron chi connectivity index (χ2n) is 9.34. The quantitative estimate of drug-likeness (QED) is 0.568. The number of nitrogens with two attached hydrogens (primary N) is 1. The number of rotatable bonds is 9. The van der Waals surface area contributed by atoms with Crippen molar-refractivity contribution in [2.45, 2.75) is 33.1 Å². The van der Waals surface area contributed by atoms with E-state index in [4.69, 9.17) is 5.73 Å². The number of fused-ring (bicyclic) bond motifs is 1. The fourth-order valence-corrected chi connectivity index (χ4v) is 4.58. The van der Waals surface area contributed by atoms with E-state index in [1.165, 1.54) is 0 Å². The van der Waals surface area contributed by atoms with Crippen molar-refractivity contribution < 1.29 is 9.59 Å². The molecule has 7 heteroatoms. The summed E-state index contributed by atoms with van der Waals surface area (Å²) < 4.78 is 0. The highest BCUT2D eigenvalue weighted by molar-refractivity contribution is 6.06. The highest BCUT2D eigenvalue weighted by Gasteiger charge is 2.31. The summed E-state index contributed by atoms with van der Waals surface area (Å²) in [4.78, 5) is 34.5. The first-order chi connectivity index (χ1) is 17.0. The Labute approximate surface area is 207 Å². The van der Waals surface area contributed by atoms with Crippen LogP contribution < -0.4 is 11.1 Å². The molecule has 2 heterocycles. The maximum absolute atomic E-state index is 13.2. The molecule has 3 N–H and O–H groups in total. The van der Waals surface area contributed by atoms with Crippen LogP contribution in [0.4, 0.5) is 11.4 Å². The zero-order chi connectivity index (χ0) is 24.8. The minimum absolute atomic E-state index is 0.000810. The summed E-state index contributed by atoms with van der Waals surface area (Å²) >= 11 is 0. The molecule has 2 aliphatic heterocycles. The summed E-state index contributed by atoms with van der Waals surface area (Å²) in [6.07, 6.45) is 4.00. The van der Waals surface area contributed by atoms with Gasteiger partial charge in [0.2, 0.25) is 5.91 Å². The molecule has 2 aliphatic rings. The van der Waals surface area contributed by atoms with Gasteiger partial charge in [-0.1, -0.05) is 38.1 Å².